The number of rotatable bonds is 7. The Hall–Kier alpha value is -3.24. The second kappa shape index (κ2) is 10.8. The zero-order valence-corrected chi connectivity index (χ0v) is 21.5. The molecular formula is C25H16Cl2FN5OS2. The van der Waals surface area contributed by atoms with Gasteiger partial charge in [0.05, 0.1) is 22.2 Å². The van der Waals surface area contributed by atoms with Gasteiger partial charge in [0.1, 0.15) is 16.5 Å². The van der Waals surface area contributed by atoms with Crippen molar-refractivity contribution in [2.24, 2.45) is 0 Å². The lowest BCUT2D eigenvalue weighted by Crippen LogP contribution is -2.13. The topological polar surface area (TPSA) is 72.7 Å². The highest BCUT2D eigenvalue weighted by atomic mass is 35.5. The van der Waals surface area contributed by atoms with E-state index >= 15 is 0 Å². The van der Waals surface area contributed by atoms with E-state index in [2.05, 4.69) is 20.5 Å². The first kappa shape index (κ1) is 24.5. The van der Waals surface area contributed by atoms with Gasteiger partial charge < -0.3 is 5.32 Å². The molecule has 0 bridgehead atoms. The summed E-state index contributed by atoms with van der Waals surface area (Å²) < 4.78 is 15.8. The first-order valence-electron chi connectivity index (χ1n) is 10.6. The Morgan fingerprint density at radius 2 is 1.83 bits per heavy atom. The number of hydrogen-bond donors (Lipinski definition) is 1. The van der Waals surface area contributed by atoms with Gasteiger partial charge in [-0.15, -0.1) is 21.5 Å². The summed E-state index contributed by atoms with van der Waals surface area (Å²) in [5.41, 5.74) is 1.84. The fraction of sp³-hybridized carbons (Fsp3) is 0.0400. The number of hydrogen-bond acceptors (Lipinski definition) is 6. The van der Waals surface area contributed by atoms with Crippen molar-refractivity contribution in [3.05, 3.63) is 105 Å². The maximum atomic E-state index is 13.9. The van der Waals surface area contributed by atoms with Crippen molar-refractivity contribution in [1.82, 2.24) is 19.7 Å². The van der Waals surface area contributed by atoms with E-state index in [1.54, 1.807) is 29.6 Å². The summed E-state index contributed by atoms with van der Waals surface area (Å²) in [5, 5.41) is 15.4. The van der Waals surface area contributed by atoms with E-state index < -0.39 is 11.7 Å². The van der Waals surface area contributed by atoms with Crippen LogP contribution >= 0.6 is 46.3 Å². The average molecular weight is 556 g/mol. The van der Waals surface area contributed by atoms with Crippen LogP contribution in [0.25, 0.3) is 17.1 Å². The second-order valence-corrected chi connectivity index (χ2v) is 10.2. The fourth-order valence-corrected chi connectivity index (χ4v) is 5.53. The second-order valence-electron chi connectivity index (χ2n) is 7.45. The Morgan fingerprint density at radius 3 is 2.64 bits per heavy atom. The molecule has 2 heterocycles. The van der Waals surface area contributed by atoms with Crippen molar-refractivity contribution < 1.29 is 9.18 Å². The number of anilines is 1. The minimum absolute atomic E-state index is 0.105. The standard InChI is InChI=1S/C25H16Cl2FN5OS2/c26-15-6-5-7-16(12-15)33-23(17-8-1-2-9-18(17)27)31-32-25(33)36-14-22-29-21(13-35-22)24(34)30-20-11-4-3-10-19(20)28/h1-13H,14H2,(H,30,34). The highest BCUT2D eigenvalue weighted by Gasteiger charge is 2.19. The Balaban J connectivity index is 1.39. The van der Waals surface area contributed by atoms with Crippen LogP contribution < -0.4 is 5.32 Å². The zero-order valence-electron chi connectivity index (χ0n) is 18.4. The molecule has 0 saturated carbocycles. The third kappa shape index (κ3) is 5.29. The lowest BCUT2D eigenvalue weighted by molar-refractivity contribution is 0.102. The molecule has 5 aromatic rings. The molecule has 0 radical (unpaired) electrons. The van der Waals surface area contributed by atoms with Gasteiger partial charge in [0, 0.05) is 16.0 Å². The van der Waals surface area contributed by atoms with Crippen molar-refractivity contribution in [2.75, 3.05) is 5.32 Å². The molecule has 0 aliphatic rings. The van der Waals surface area contributed by atoms with Crippen molar-refractivity contribution in [1.29, 1.82) is 0 Å². The first-order chi connectivity index (χ1) is 17.5. The molecule has 0 saturated heterocycles. The quantitative estimate of drug-likeness (QED) is 0.212. The van der Waals surface area contributed by atoms with E-state index in [1.165, 1.54) is 35.2 Å². The van der Waals surface area contributed by atoms with Gasteiger partial charge >= 0.3 is 0 Å². The molecular weight excluding hydrogens is 540 g/mol. The molecule has 11 heteroatoms. The van der Waals surface area contributed by atoms with E-state index in [4.69, 9.17) is 23.2 Å². The van der Waals surface area contributed by atoms with Gasteiger partial charge in [0.2, 0.25) is 0 Å². The maximum absolute atomic E-state index is 13.9. The van der Waals surface area contributed by atoms with Crippen LogP contribution in [0.2, 0.25) is 10.0 Å². The van der Waals surface area contributed by atoms with E-state index in [9.17, 15) is 9.18 Å². The molecule has 5 rings (SSSR count). The molecule has 0 aliphatic carbocycles. The molecule has 6 nitrogen and oxygen atoms in total. The highest BCUT2D eigenvalue weighted by Crippen LogP contribution is 2.34. The summed E-state index contributed by atoms with van der Waals surface area (Å²) in [7, 11) is 0. The van der Waals surface area contributed by atoms with Crippen LogP contribution in [-0.4, -0.2) is 25.7 Å². The molecule has 0 aliphatic heterocycles. The maximum Gasteiger partial charge on any atom is 0.275 e. The van der Waals surface area contributed by atoms with Gasteiger partial charge in [-0.1, -0.05) is 65.3 Å². The molecule has 0 fully saturated rings. The van der Waals surface area contributed by atoms with Gasteiger partial charge in [-0.05, 0) is 42.5 Å². The minimum Gasteiger partial charge on any atom is -0.318 e. The van der Waals surface area contributed by atoms with Crippen molar-refractivity contribution in [3.8, 4) is 17.1 Å². The number of thioether (sulfide) groups is 1. The highest BCUT2D eigenvalue weighted by molar-refractivity contribution is 7.98. The molecule has 3 aromatic carbocycles. The number of nitrogens with zero attached hydrogens (tertiary/aromatic N) is 4. The van der Waals surface area contributed by atoms with E-state index in [0.717, 1.165) is 11.3 Å². The summed E-state index contributed by atoms with van der Waals surface area (Å²) in [5.74, 6) is 0.0375. The molecule has 1 N–H and O–H groups in total. The molecule has 1 amide bonds. The van der Waals surface area contributed by atoms with Crippen LogP contribution in [0.1, 0.15) is 15.5 Å². The Labute approximate surface area is 224 Å². The predicted octanol–water partition coefficient (Wildman–Crippen LogP) is 7.38. The number of halogens is 3. The zero-order chi connectivity index (χ0) is 25.1. The van der Waals surface area contributed by atoms with Gasteiger partial charge in [-0.25, -0.2) is 9.37 Å². The molecule has 0 unspecified atom stereocenters. The summed E-state index contributed by atoms with van der Waals surface area (Å²) in [6, 6.07) is 20.8. The number of carbonyl (C=O) groups is 1. The van der Waals surface area contributed by atoms with Crippen LogP contribution in [0, 0.1) is 5.82 Å². The van der Waals surface area contributed by atoms with Crippen molar-refractivity contribution in [2.45, 2.75) is 10.9 Å². The van der Waals surface area contributed by atoms with Gasteiger partial charge in [0.25, 0.3) is 5.91 Å². The van der Waals surface area contributed by atoms with Crippen LogP contribution in [0.5, 0.6) is 0 Å². The summed E-state index contributed by atoms with van der Waals surface area (Å²) >= 11 is 15.5. The first-order valence-corrected chi connectivity index (χ1v) is 13.2. The molecule has 180 valence electrons. The smallest absolute Gasteiger partial charge is 0.275 e. The largest absolute Gasteiger partial charge is 0.318 e. The Morgan fingerprint density at radius 1 is 1.03 bits per heavy atom. The number of nitrogens with one attached hydrogen (secondary N) is 1. The third-order valence-corrected chi connectivity index (χ3v) is 7.58. The minimum atomic E-state index is -0.508. The molecule has 0 atom stereocenters. The Kier molecular flexibility index (Phi) is 7.33. The summed E-state index contributed by atoms with van der Waals surface area (Å²) in [6.07, 6.45) is 0. The molecule has 2 aromatic heterocycles. The van der Waals surface area contributed by atoms with Crippen LogP contribution in [0.4, 0.5) is 10.1 Å². The summed E-state index contributed by atoms with van der Waals surface area (Å²) in [4.78, 5) is 16.9. The van der Waals surface area contributed by atoms with E-state index in [0.29, 0.717) is 31.8 Å². The van der Waals surface area contributed by atoms with Crippen LogP contribution in [-0.2, 0) is 5.75 Å². The SMILES string of the molecule is O=C(Nc1ccccc1F)c1csc(CSc2nnc(-c3ccccc3Cl)n2-c2cccc(Cl)c2)n1. The normalized spacial score (nSPS) is 11.0. The number of carbonyl (C=O) groups excluding carboxylic acids is 1. The van der Waals surface area contributed by atoms with Crippen molar-refractivity contribution >= 4 is 57.9 Å². The number of thiazole rings is 1. The van der Waals surface area contributed by atoms with Crippen LogP contribution in [0.3, 0.4) is 0 Å². The lowest BCUT2D eigenvalue weighted by atomic mass is 10.2. The van der Waals surface area contributed by atoms with Gasteiger partial charge in [-0.3, -0.25) is 9.36 Å². The fourth-order valence-electron chi connectivity index (χ4n) is 3.39. The molecule has 0 spiro atoms. The third-order valence-electron chi connectivity index (χ3n) is 5.05. The van der Waals surface area contributed by atoms with Crippen molar-refractivity contribution in [3.63, 3.8) is 0 Å². The number of aromatic nitrogens is 4. The van der Waals surface area contributed by atoms with E-state index in [-0.39, 0.29) is 11.4 Å². The monoisotopic (exact) mass is 555 g/mol. The number of amides is 1. The number of para-hydroxylation sites is 1. The van der Waals surface area contributed by atoms with Crippen LogP contribution in [0.15, 0.2) is 83.3 Å². The average Bonchev–Trinajstić information content (AvgIpc) is 3.52. The predicted molar refractivity (Wildman–Crippen MR) is 143 cm³/mol. The Bertz CT molecular complexity index is 1560. The molecule has 36 heavy (non-hydrogen) atoms. The van der Waals surface area contributed by atoms with Gasteiger partial charge in [-0.2, -0.15) is 0 Å². The lowest BCUT2D eigenvalue weighted by Gasteiger charge is -2.11. The number of benzene rings is 3. The van der Waals surface area contributed by atoms with Gasteiger partial charge in [0.15, 0.2) is 11.0 Å². The summed E-state index contributed by atoms with van der Waals surface area (Å²) in [6.45, 7) is 0. The van der Waals surface area contributed by atoms with E-state index in [1.807, 2.05) is 41.0 Å².